The van der Waals surface area contributed by atoms with Crippen molar-refractivity contribution >= 4 is 17.6 Å². The molecule has 0 saturated carbocycles. The summed E-state index contributed by atoms with van der Waals surface area (Å²) in [7, 11) is 3.62. The Kier molecular flexibility index (Phi) is 6.38. The lowest BCUT2D eigenvalue weighted by Crippen LogP contribution is -2.15. The molecule has 4 rings (SSSR count). The molecule has 0 bridgehead atoms. The molecule has 1 N–H and O–H groups in total. The number of ether oxygens (including phenoxy) is 1. The molecule has 2 heterocycles. The molecule has 0 aliphatic rings. The Morgan fingerprint density at radius 3 is 2.52 bits per heavy atom. The summed E-state index contributed by atoms with van der Waals surface area (Å²) in [4.78, 5) is 15.8. The summed E-state index contributed by atoms with van der Waals surface area (Å²) in [5.74, 6) is 2.98. The number of nitrogens with zero attached hydrogens (tertiary/aromatic N) is 4. The number of methoxy groups -OCH3 is 1. The molecule has 0 spiro atoms. The lowest BCUT2D eigenvalue weighted by atomic mass is 10.1. The molecule has 2 aromatic heterocycles. The van der Waals surface area contributed by atoms with Gasteiger partial charge in [0.1, 0.15) is 17.4 Å². The van der Waals surface area contributed by atoms with Crippen LogP contribution in [-0.2, 0) is 6.42 Å². The molecular formula is C25H25N5O. The summed E-state index contributed by atoms with van der Waals surface area (Å²) in [6.07, 6.45) is 2.67. The minimum absolute atomic E-state index is 0.601. The third kappa shape index (κ3) is 5.17. The summed E-state index contributed by atoms with van der Waals surface area (Å²) >= 11 is 0. The molecular weight excluding hydrogens is 386 g/mol. The van der Waals surface area contributed by atoms with Crippen molar-refractivity contribution in [1.29, 1.82) is 0 Å². The minimum atomic E-state index is 0.601. The summed E-state index contributed by atoms with van der Waals surface area (Å²) in [6.45, 7) is 0.765. The van der Waals surface area contributed by atoms with Crippen LogP contribution in [0, 0.1) is 0 Å². The van der Waals surface area contributed by atoms with Gasteiger partial charge in [0, 0.05) is 25.4 Å². The largest absolute Gasteiger partial charge is 0.497 e. The maximum Gasteiger partial charge on any atom is 0.224 e. The van der Waals surface area contributed by atoms with Gasteiger partial charge in [-0.2, -0.15) is 4.98 Å². The van der Waals surface area contributed by atoms with Crippen LogP contribution in [0.2, 0.25) is 0 Å². The van der Waals surface area contributed by atoms with Gasteiger partial charge in [-0.1, -0.05) is 48.5 Å². The summed E-state index contributed by atoms with van der Waals surface area (Å²) in [6, 6.07) is 26.1. The van der Waals surface area contributed by atoms with Crippen molar-refractivity contribution < 1.29 is 4.74 Å². The predicted molar refractivity (Wildman–Crippen MR) is 125 cm³/mol. The molecule has 0 fully saturated rings. The first-order valence-corrected chi connectivity index (χ1v) is 10.2. The maximum atomic E-state index is 5.33. The predicted octanol–water partition coefficient (Wildman–Crippen LogP) is 4.97. The average molecular weight is 412 g/mol. The third-order valence-corrected chi connectivity index (χ3v) is 4.97. The highest BCUT2D eigenvalue weighted by molar-refractivity contribution is 5.65. The lowest BCUT2D eigenvalue weighted by molar-refractivity contribution is 0.415. The van der Waals surface area contributed by atoms with Gasteiger partial charge >= 0.3 is 0 Å². The monoisotopic (exact) mass is 411 g/mol. The van der Waals surface area contributed by atoms with Gasteiger partial charge in [0.15, 0.2) is 0 Å². The molecule has 0 aliphatic heterocycles. The first kappa shape index (κ1) is 20.3. The van der Waals surface area contributed by atoms with Gasteiger partial charge in [-0.15, -0.1) is 0 Å². The summed E-state index contributed by atoms with van der Waals surface area (Å²) in [5.41, 5.74) is 3.15. The molecule has 0 saturated heterocycles. The van der Waals surface area contributed by atoms with E-state index in [-0.39, 0.29) is 0 Å². The fourth-order valence-electron chi connectivity index (χ4n) is 3.26. The second kappa shape index (κ2) is 9.71. The Balaban J connectivity index is 1.48. The molecule has 0 amide bonds. The number of hydrogen-bond acceptors (Lipinski definition) is 6. The first-order valence-electron chi connectivity index (χ1n) is 10.2. The summed E-state index contributed by atoms with van der Waals surface area (Å²) in [5, 5.41) is 3.31. The average Bonchev–Trinajstić information content (AvgIpc) is 2.84. The van der Waals surface area contributed by atoms with Gasteiger partial charge in [0.25, 0.3) is 0 Å². The zero-order chi connectivity index (χ0) is 21.5. The maximum absolute atomic E-state index is 5.33. The number of benzene rings is 2. The van der Waals surface area contributed by atoms with Crippen molar-refractivity contribution in [2.75, 3.05) is 30.9 Å². The van der Waals surface area contributed by atoms with Crippen molar-refractivity contribution in [3.8, 4) is 17.0 Å². The zero-order valence-corrected chi connectivity index (χ0v) is 17.7. The van der Waals surface area contributed by atoms with Crippen LogP contribution >= 0.6 is 0 Å². The molecule has 6 nitrogen and oxygen atoms in total. The van der Waals surface area contributed by atoms with Gasteiger partial charge < -0.3 is 15.0 Å². The SMILES string of the molecule is COc1cccc(-c2cccc(N(C)c3ccnc(NCCc4ccccc4)n3)n2)c1. The standard InChI is InChI=1S/C25H25N5O/c1-30(23-13-7-12-22(28-23)20-10-6-11-21(18-20)31-2)24-15-17-27-25(29-24)26-16-14-19-8-4-3-5-9-19/h3-13,15,17-18H,14,16H2,1-2H3,(H,26,27,29). The molecule has 0 unspecified atom stereocenters. The van der Waals surface area contributed by atoms with Crippen LogP contribution < -0.4 is 15.0 Å². The second-order valence-electron chi connectivity index (χ2n) is 7.07. The van der Waals surface area contributed by atoms with E-state index >= 15 is 0 Å². The molecule has 156 valence electrons. The van der Waals surface area contributed by atoms with Crippen LogP contribution in [0.15, 0.2) is 85.1 Å². The Hall–Kier alpha value is -3.93. The van der Waals surface area contributed by atoms with E-state index < -0.39 is 0 Å². The van der Waals surface area contributed by atoms with Crippen LogP contribution in [0.1, 0.15) is 5.56 Å². The zero-order valence-electron chi connectivity index (χ0n) is 17.7. The fourth-order valence-corrected chi connectivity index (χ4v) is 3.26. The quantitative estimate of drug-likeness (QED) is 0.442. The lowest BCUT2D eigenvalue weighted by Gasteiger charge is -2.18. The second-order valence-corrected chi connectivity index (χ2v) is 7.07. The van der Waals surface area contributed by atoms with E-state index in [9.17, 15) is 0 Å². The number of rotatable bonds is 8. The van der Waals surface area contributed by atoms with Crippen molar-refractivity contribution in [3.63, 3.8) is 0 Å². The van der Waals surface area contributed by atoms with Crippen LogP contribution in [0.3, 0.4) is 0 Å². The number of anilines is 3. The number of nitrogens with one attached hydrogen (secondary N) is 1. The van der Waals surface area contributed by atoms with E-state index in [1.807, 2.05) is 78.7 Å². The topological polar surface area (TPSA) is 63.2 Å². The van der Waals surface area contributed by atoms with Crippen molar-refractivity contribution in [2.45, 2.75) is 6.42 Å². The van der Waals surface area contributed by atoms with Crippen LogP contribution in [0.25, 0.3) is 11.3 Å². The van der Waals surface area contributed by atoms with E-state index in [0.29, 0.717) is 5.95 Å². The Labute approximate surface area is 182 Å². The van der Waals surface area contributed by atoms with Gasteiger partial charge in [-0.3, -0.25) is 0 Å². The summed E-state index contributed by atoms with van der Waals surface area (Å²) < 4.78 is 5.33. The van der Waals surface area contributed by atoms with Gasteiger partial charge in [0.2, 0.25) is 5.95 Å². The van der Waals surface area contributed by atoms with Crippen molar-refractivity contribution in [2.24, 2.45) is 0 Å². The van der Waals surface area contributed by atoms with E-state index in [1.54, 1.807) is 13.3 Å². The van der Waals surface area contributed by atoms with E-state index in [4.69, 9.17) is 9.72 Å². The van der Waals surface area contributed by atoms with E-state index in [0.717, 1.165) is 41.6 Å². The smallest absolute Gasteiger partial charge is 0.224 e. The molecule has 4 aromatic rings. The number of aromatic nitrogens is 3. The van der Waals surface area contributed by atoms with E-state index in [1.165, 1.54) is 5.56 Å². The molecule has 6 heteroatoms. The molecule has 2 aromatic carbocycles. The Bertz CT molecular complexity index is 1130. The van der Waals surface area contributed by atoms with Crippen LogP contribution in [0.5, 0.6) is 5.75 Å². The third-order valence-electron chi connectivity index (χ3n) is 4.97. The first-order chi connectivity index (χ1) is 15.2. The minimum Gasteiger partial charge on any atom is -0.497 e. The van der Waals surface area contributed by atoms with Crippen molar-refractivity contribution in [1.82, 2.24) is 15.0 Å². The Morgan fingerprint density at radius 2 is 1.68 bits per heavy atom. The Morgan fingerprint density at radius 1 is 0.871 bits per heavy atom. The number of hydrogen-bond donors (Lipinski definition) is 1. The van der Waals surface area contributed by atoms with Gasteiger partial charge in [-0.25, -0.2) is 9.97 Å². The van der Waals surface area contributed by atoms with Crippen molar-refractivity contribution in [3.05, 3.63) is 90.6 Å². The molecule has 0 atom stereocenters. The molecule has 31 heavy (non-hydrogen) atoms. The van der Waals surface area contributed by atoms with E-state index in [2.05, 4.69) is 27.4 Å². The van der Waals surface area contributed by atoms with Crippen LogP contribution in [0.4, 0.5) is 17.6 Å². The highest BCUT2D eigenvalue weighted by atomic mass is 16.5. The fraction of sp³-hybridized carbons (Fsp3) is 0.160. The van der Waals surface area contributed by atoms with Gasteiger partial charge in [-0.05, 0) is 42.3 Å². The highest BCUT2D eigenvalue weighted by Crippen LogP contribution is 2.26. The normalized spacial score (nSPS) is 10.5. The number of pyridine rings is 1. The van der Waals surface area contributed by atoms with Gasteiger partial charge in [0.05, 0.1) is 12.8 Å². The molecule has 0 aliphatic carbocycles. The molecule has 0 radical (unpaired) electrons. The van der Waals surface area contributed by atoms with Crippen LogP contribution in [-0.4, -0.2) is 35.7 Å². The highest BCUT2D eigenvalue weighted by Gasteiger charge is 2.10.